The van der Waals surface area contributed by atoms with Crippen LogP contribution in [0.5, 0.6) is 5.75 Å². The lowest BCUT2D eigenvalue weighted by molar-refractivity contribution is -0.122. The highest BCUT2D eigenvalue weighted by atomic mass is 16.6. The van der Waals surface area contributed by atoms with Crippen LogP contribution in [-0.4, -0.2) is 22.3 Å². The molecule has 0 saturated heterocycles. The highest BCUT2D eigenvalue weighted by Gasteiger charge is 2.17. The lowest BCUT2D eigenvalue weighted by Crippen LogP contribution is -2.30. The summed E-state index contributed by atoms with van der Waals surface area (Å²) in [5, 5.41) is 9.81. The first-order valence-corrected chi connectivity index (χ1v) is 6.84. The molecule has 0 bridgehead atoms. The van der Waals surface area contributed by atoms with E-state index in [1.54, 1.807) is 13.8 Å². The van der Waals surface area contributed by atoms with Crippen molar-refractivity contribution < 1.29 is 14.2 Å². The molecule has 6 nitrogen and oxygen atoms in total. The van der Waals surface area contributed by atoms with Crippen LogP contribution in [0.3, 0.4) is 0 Å². The predicted molar refractivity (Wildman–Crippen MR) is 78.3 cm³/mol. The number of nitrogens with zero attached hydrogens (tertiary/aromatic N) is 2. The highest BCUT2D eigenvalue weighted by Crippen LogP contribution is 2.19. The fraction of sp³-hybridized carbons (Fsp3) is 0.400. The molecule has 2 rings (SSSR count). The molecule has 0 unspecified atom stereocenters. The molecule has 0 aliphatic carbocycles. The van der Waals surface area contributed by atoms with Gasteiger partial charge in [-0.3, -0.25) is 4.79 Å². The minimum atomic E-state index is -0.647. The molecule has 0 saturated carbocycles. The van der Waals surface area contributed by atoms with Crippen LogP contribution in [-0.2, 0) is 4.79 Å². The van der Waals surface area contributed by atoms with Gasteiger partial charge in [0, 0.05) is 0 Å². The lowest BCUT2D eigenvalue weighted by atomic mass is 10.0. The number of rotatable bonds is 5. The molecule has 6 heteroatoms. The van der Waals surface area contributed by atoms with Gasteiger partial charge in [-0.25, -0.2) is 4.63 Å². The van der Waals surface area contributed by atoms with Crippen molar-refractivity contribution in [1.82, 2.24) is 10.3 Å². The number of amides is 1. The Morgan fingerprint density at radius 1 is 1.19 bits per heavy atom. The number of anilines is 1. The number of hydrogen-bond acceptors (Lipinski definition) is 5. The van der Waals surface area contributed by atoms with Crippen LogP contribution in [0.25, 0.3) is 0 Å². The van der Waals surface area contributed by atoms with Gasteiger partial charge in [-0.15, -0.1) is 0 Å². The number of nitrogens with one attached hydrogen (secondary N) is 1. The molecular formula is C15H19N3O3. The molecule has 1 heterocycles. The summed E-state index contributed by atoms with van der Waals surface area (Å²) in [4.78, 5) is 12.0. The molecule has 0 aliphatic rings. The van der Waals surface area contributed by atoms with E-state index in [2.05, 4.69) is 34.1 Å². The van der Waals surface area contributed by atoms with E-state index in [4.69, 9.17) is 4.74 Å². The first-order valence-electron chi connectivity index (χ1n) is 6.84. The molecule has 1 amide bonds. The summed E-state index contributed by atoms with van der Waals surface area (Å²) in [5.74, 6) is 1.12. The zero-order valence-electron chi connectivity index (χ0n) is 12.6. The third-order valence-corrected chi connectivity index (χ3v) is 3.12. The zero-order chi connectivity index (χ0) is 15.4. The summed E-state index contributed by atoms with van der Waals surface area (Å²) in [5.41, 5.74) is 1.75. The average Bonchev–Trinajstić information content (AvgIpc) is 2.84. The molecule has 2 aromatic rings. The molecular weight excluding hydrogens is 270 g/mol. The smallest absolute Gasteiger partial charge is 0.266 e. The maximum Gasteiger partial charge on any atom is 0.266 e. The molecule has 21 heavy (non-hydrogen) atoms. The molecule has 0 radical (unpaired) electrons. The Kier molecular flexibility index (Phi) is 4.57. The first-order chi connectivity index (χ1) is 9.97. The van der Waals surface area contributed by atoms with Gasteiger partial charge in [0.15, 0.2) is 11.9 Å². The van der Waals surface area contributed by atoms with Gasteiger partial charge in [0.1, 0.15) is 11.4 Å². The Bertz CT molecular complexity index is 605. The largest absolute Gasteiger partial charge is 0.481 e. The second-order valence-electron chi connectivity index (χ2n) is 5.17. The monoisotopic (exact) mass is 289 g/mol. The number of aryl methyl sites for hydroxylation is 1. The molecule has 1 N–H and O–H groups in total. The Balaban J connectivity index is 1.95. The fourth-order valence-electron chi connectivity index (χ4n) is 1.75. The average molecular weight is 289 g/mol. The third-order valence-electron chi connectivity index (χ3n) is 3.12. The van der Waals surface area contributed by atoms with Crippen molar-refractivity contribution in [3.63, 3.8) is 0 Å². The van der Waals surface area contributed by atoms with Crippen molar-refractivity contribution in [3.8, 4) is 5.75 Å². The van der Waals surface area contributed by atoms with Crippen molar-refractivity contribution in [2.24, 2.45) is 0 Å². The van der Waals surface area contributed by atoms with Crippen LogP contribution in [0.2, 0.25) is 0 Å². The Labute approximate surface area is 123 Å². The second kappa shape index (κ2) is 6.39. The van der Waals surface area contributed by atoms with E-state index < -0.39 is 6.10 Å². The topological polar surface area (TPSA) is 77.3 Å². The zero-order valence-corrected chi connectivity index (χ0v) is 12.6. The van der Waals surface area contributed by atoms with Crippen molar-refractivity contribution in [3.05, 3.63) is 35.5 Å². The number of hydrogen-bond donors (Lipinski definition) is 1. The van der Waals surface area contributed by atoms with E-state index in [0.717, 1.165) is 0 Å². The number of ether oxygens (including phenoxy) is 1. The Morgan fingerprint density at radius 2 is 1.86 bits per heavy atom. The summed E-state index contributed by atoms with van der Waals surface area (Å²) in [6.07, 6.45) is -0.647. The van der Waals surface area contributed by atoms with Gasteiger partial charge in [-0.2, -0.15) is 0 Å². The van der Waals surface area contributed by atoms with Crippen LogP contribution in [0, 0.1) is 6.92 Å². The summed E-state index contributed by atoms with van der Waals surface area (Å²) < 4.78 is 10.1. The van der Waals surface area contributed by atoms with Crippen molar-refractivity contribution in [1.29, 1.82) is 0 Å². The highest BCUT2D eigenvalue weighted by molar-refractivity contribution is 5.93. The van der Waals surface area contributed by atoms with Crippen LogP contribution >= 0.6 is 0 Å². The predicted octanol–water partition coefficient (Wildman–Crippen LogP) is 2.91. The quantitative estimate of drug-likeness (QED) is 0.915. The van der Waals surface area contributed by atoms with Gasteiger partial charge in [0.05, 0.1) is 0 Å². The fourth-order valence-corrected chi connectivity index (χ4v) is 1.75. The van der Waals surface area contributed by atoms with E-state index in [1.807, 2.05) is 24.3 Å². The third kappa shape index (κ3) is 3.81. The van der Waals surface area contributed by atoms with Crippen molar-refractivity contribution in [2.45, 2.75) is 39.7 Å². The van der Waals surface area contributed by atoms with Crippen LogP contribution < -0.4 is 10.1 Å². The normalized spacial score (nSPS) is 12.2. The van der Waals surface area contributed by atoms with Crippen molar-refractivity contribution in [2.75, 3.05) is 5.32 Å². The van der Waals surface area contributed by atoms with Gasteiger partial charge in [0.2, 0.25) is 0 Å². The van der Waals surface area contributed by atoms with Gasteiger partial charge < -0.3 is 10.1 Å². The lowest BCUT2D eigenvalue weighted by Gasteiger charge is -2.14. The van der Waals surface area contributed by atoms with Gasteiger partial charge >= 0.3 is 0 Å². The first kappa shape index (κ1) is 15.0. The minimum Gasteiger partial charge on any atom is -0.481 e. The molecule has 1 aromatic carbocycles. The van der Waals surface area contributed by atoms with Crippen LogP contribution in [0.4, 0.5) is 5.82 Å². The summed E-state index contributed by atoms with van der Waals surface area (Å²) in [6.45, 7) is 7.62. The van der Waals surface area contributed by atoms with Gasteiger partial charge in [0.25, 0.3) is 5.91 Å². The van der Waals surface area contributed by atoms with E-state index in [1.165, 1.54) is 5.56 Å². The molecule has 112 valence electrons. The van der Waals surface area contributed by atoms with Crippen molar-refractivity contribution >= 4 is 11.7 Å². The Hall–Kier alpha value is -2.37. The molecule has 1 atom stereocenters. The Morgan fingerprint density at radius 3 is 2.38 bits per heavy atom. The van der Waals surface area contributed by atoms with E-state index >= 15 is 0 Å². The van der Waals surface area contributed by atoms with E-state index in [0.29, 0.717) is 23.2 Å². The van der Waals surface area contributed by atoms with Crippen LogP contribution in [0.15, 0.2) is 28.9 Å². The maximum absolute atomic E-state index is 12.0. The molecule has 0 spiro atoms. The maximum atomic E-state index is 12.0. The minimum absolute atomic E-state index is 0.304. The number of carbonyl (C=O) groups excluding carboxylic acids is 1. The van der Waals surface area contributed by atoms with Gasteiger partial charge in [-0.05, 0) is 42.6 Å². The number of aromatic nitrogens is 2. The number of benzene rings is 1. The SMILES string of the molecule is Cc1nonc1NC(=O)[C@@H](C)Oc1ccc(C(C)C)cc1. The molecule has 0 fully saturated rings. The summed E-state index contributed by atoms with van der Waals surface area (Å²) >= 11 is 0. The van der Waals surface area contributed by atoms with E-state index in [-0.39, 0.29) is 5.91 Å². The van der Waals surface area contributed by atoms with Gasteiger partial charge in [-0.1, -0.05) is 31.1 Å². The van der Waals surface area contributed by atoms with E-state index in [9.17, 15) is 4.79 Å². The standard InChI is InChI=1S/C15H19N3O3/c1-9(2)12-5-7-13(8-6-12)20-11(4)15(19)16-14-10(3)17-21-18-14/h5-9,11H,1-4H3,(H,16,18,19)/t11-/m1/s1. The summed E-state index contributed by atoms with van der Waals surface area (Å²) in [7, 11) is 0. The second-order valence-corrected chi connectivity index (χ2v) is 5.17. The van der Waals surface area contributed by atoms with Crippen LogP contribution in [0.1, 0.15) is 37.9 Å². The molecule has 1 aromatic heterocycles. The summed E-state index contributed by atoms with van der Waals surface area (Å²) in [6, 6.07) is 7.72. The molecule has 0 aliphatic heterocycles. The number of carbonyl (C=O) groups is 1.